The third-order valence-corrected chi connectivity index (χ3v) is 6.66. The van der Waals surface area contributed by atoms with E-state index in [4.69, 9.17) is 4.98 Å². The highest BCUT2D eigenvalue weighted by molar-refractivity contribution is 7.98. The summed E-state index contributed by atoms with van der Waals surface area (Å²) in [6, 6.07) is 28.5. The van der Waals surface area contributed by atoms with Crippen molar-refractivity contribution in [3.63, 3.8) is 0 Å². The Morgan fingerprint density at radius 2 is 1.59 bits per heavy atom. The summed E-state index contributed by atoms with van der Waals surface area (Å²) in [5.41, 5.74) is 6.76. The van der Waals surface area contributed by atoms with E-state index in [1.807, 2.05) is 72.9 Å². The van der Waals surface area contributed by atoms with Crippen LogP contribution < -0.4 is 5.56 Å². The molecule has 0 aliphatic heterocycles. The molecule has 0 amide bonds. The van der Waals surface area contributed by atoms with Gasteiger partial charge in [-0.3, -0.25) is 9.36 Å². The molecule has 0 aliphatic carbocycles. The van der Waals surface area contributed by atoms with Crippen molar-refractivity contribution in [1.82, 2.24) is 14.5 Å². The van der Waals surface area contributed by atoms with Crippen LogP contribution in [0.1, 0.15) is 16.7 Å². The third-order valence-electron chi connectivity index (χ3n) is 5.64. The highest BCUT2D eigenvalue weighted by atomic mass is 32.2. The smallest absolute Gasteiger partial charge is 0.278 e. The van der Waals surface area contributed by atoms with Crippen LogP contribution in [0.2, 0.25) is 0 Å². The van der Waals surface area contributed by atoms with Gasteiger partial charge in [-0.15, -0.1) is 0 Å². The van der Waals surface area contributed by atoms with Crippen molar-refractivity contribution in [2.75, 3.05) is 0 Å². The van der Waals surface area contributed by atoms with Gasteiger partial charge in [0.2, 0.25) is 0 Å². The zero-order valence-electron chi connectivity index (χ0n) is 17.8. The Kier molecular flexibility index (Phi) is 5.65. The van der Waals surface area contributed by atoms with Crippen LogP contribution in [-0.2, 0) is 12.3 Å². The van der Waals surface area contributed by atoms with E-state index < -0.39 is 0 Å². The van der Waals surface area contributed by atoms with Crippen LogP contribution in [0.25, 0.3) is 22.2 Å². The Bertz CT molecular complexity index is 1420. The average Bonchev–Trinajstić information content (AvgIpc) is 3.26. The minimum Gasteiger partial charge on any atom is -0.355 e. The summed E-state index contributed by atoms with van der Waals surface area (Å²) in [6.07, 6.45) is 1.89. The fourth-order valence-corrected chi connectivity index (χ4v) is 4.91. The van der Waals surface area contributed by atoms with E-state index in [2.05, 4.69) is 30.1 Å². The first-order valence-corrected chi connectivity index (χ1v) is 11.6. The maximum Gasteiger partial charge on any atom is 0.278 e. The van der Waals surface area contributed by atoms with Crippen molar-refractivity contribution in [3.05, 3.63) is 118 Å². The number of fused-ring (bicyclic) bond motifs is 1. The number of benzene rings is 3. The number of hydrogen-bond donors (Lipinski definition) is 1. The molecule has 32 heavy (non-hydrogen) atoms. The number of H-pyrrole nitrogens is 1. The van der Waals surface area contributed by atoms with Gasteiger partial charge in [0.05, 0.1) is 6.54 Å². The number of aryl methyl sites for hydroxylation is 1. The lowest BCUT2D eigenvalue weighted by Crippen LogP contribution is -2.24. The van der Waals surface area contributed by atoms with E-state index in [1.54, 1.807) is 16.3 Å². The molecule has 0 spiro atoms. The number of nitrogens with zero attached hydrogens (tertiary/aromatic N) is 2. The van der Waals surface area contributed by atoms with Crippen LogP contribution in [0.15, 0.2) is 101 Å². The molecular weight excluding hydrogens is 414 g/mol. The standard InChI is InChI=1S/C27H23N3OS/c1-19-10-8-9-15-22(19)18-32-27-29-24-23(21-13-6-3-7-14-21)16-28-25(24)26(31)30(27)17-20-11-4-2-5-12-20/h2-16,28H,17-18H2,1H3. The molecule has 3 aromatic carbocycles. The van der Waals surface area contributed by atoms with Gasteiger partial charge in [0.15, 0.2) is 5.16 Å². The van der Waals surface area contributed by atoms with Crippen molar-refractivity contribution < 1.29 is 0 Å². The van der Waals surface area contributed by atoms with E-state index in [1.165, 1.54) is 11.1 Å². The van der Waals surface area contributed by atoms with E-state index in [0.29, 0.717) is 12.1 Å². The molecular formula is C27H23N3OS. The van der Waals surface area contributed by atoms with Gasteiger partial charge in [-0.1, -0.05) is 96.7 Å². The lowest BCUT2D eigenvalue weighted by molar-refractivity contribution is 0.657. The maximum atomic E-state index is 13.6. The number of rotatable bonds is 6. The Morgan fingerprint density at radius 1 is 0.906 bits per heavy atom. The first-order valence-electron chi connectivity index (χ1n) is 10.6. The van der Waals surface area contributed by atoms with Gasteiger partial charge in [-0.05, 0) is 29.2 Å². The lowest BCUT2D eigenvalue weighted by Gasteiger charge is -2.13. The summed E-state index contributed by atoms with van der Waals surface area (Å²) in [4.78, 5) is 21.7. The molecule has 4 nitrogen and oxygen atoms in total. The van der Waals surface area contributed by atoms with E-state index in [-0.39, 0.29) is 5.56 Å². The monoisotopic (exact) mass is 437 g/mol. The van der Waals surface area contributed by atoms with Gasteiger partial charge in [0.1, 0.15) is 11.0 Å². The second kappa shape index (κ2) is 8.89. The summed E-state index contributed by atoms with van der Waals surface area (Å²) < 4.78 is 1.78. The largest absolute Gasteiger partial charge is 0.355 e. The van der Waals surface area contributed by atoms with Crippen LogP contribution in [0.5, 0.6) is 0 Å². The van der Waals surface area contributed by atoms with Gasteiger partial charge in [0.25, 0.3) is 5.56 Å². The second-order valence-electron chi connectivity index (χ2n) is 7.78. The molecule has 0 saturated heterocycles. The van der Waals surface area contributed by atoms with Crippen LogP contribution in [0.3, 0.4) is 0 Å². The summed E-state index contributed by atoms with van der Waals surface area (Å²) in [7, 11) is 0. The molecule has 2 heterocycles. The summed E-state index contributed by atoms with van der Waals surface area (Å²) in [5, 5.41) is 0.728. The molecule has 0 saturated carbocycles. The SMILES string of the molecule is Cc1ccccc1CSc1nc2c(-c3ccccc3)c[nH]c2c(=O)n1Cc1ccccc1. The number of thioether (sulfide) groups is 1. The molecule has 1 N–H and O–H groups in total. The third kappa shape index (κ3) is 3.99. The molecule has 5 rings (SSSR count). The normalized spacial score (nSPS) is 11.2. The van der Waals surface area contributed by atoms with Gasteiger partial charge in [-0.25, -0.2) is 4.98 Å². The van der Waals surface area contributed by atoms with E-state index in [9.17, 15) is 4.79 Å². The molecule has 5 heteroatoms. The quantitative estimate of drug-likeness (QED) is 0.260. The zero-order valence-corrected chi connectivity index (χ0v) is 18.6. The Balaban J connectivity index is 1.62. The van der Waals surface area contributed by atoms with E-state index in [0.717, 1.165) is 33.1 Å². The van der Waals surface area contributed by atoms with Gasteiger partial charge in [0, 0.05) is 17.5 Å². The molecule has 158 valence electrons. The van der Waals surface area contributed by atoms with Crippen molar-refractivity contribution in [3.8, 4) is 11.1 Å². The maximum absolute atomic E-state index is 13.6. The molecule has 0 aliphatic rings. The number of aromatic amines is 1. The lowest BCUT2D eigenvalue weighted by atomic mass is 10.1. The zero-order chi connectivity index (χ0) is 21.9. The van der Waals surface area contributed by atoms with Crippen LogP contribution >= 0.6 is 11.8 Å². The topological polar surface area (TPSA) is 50.7 Å². The summed E-state index contributed by atoms with van der Waals surface area (Å²) in [5.74, 6) is 0.754. The molecule has 0 radical (unpaired) electrons. The van der Waals surface area contributed by atoms with Gasteiger partial charge >= 0.3 is 0 Å². The minimum atomic E-state index is -0.0479. The van der Waals surface area contributed by atoms with Crippen molar-refractivity contribution in [2.45, 2.75) is 24.4 Å². The molecule has 0 unspecified atom stereocenters. The predicted molar refractivity (Wildman–Crippen MR) is 132 cm³/mol. The molecule has 0 fully saturated rings. The van der Waals surface area contributed by atoms with Crippen LogP contribution in [0.4, 0.5) is 0 Å². The number of hydrogen-bond acceptors (Lipinski definition) is 3. The highest BCUT2D eigenvalue weighted by Crippen LogP contribution is 2.29. The van der Waals surface area contributed by atoms with Crippen molar-refractivity contribution in [1.29, 1.82) is 0 Å². The average molecular weight is 438 g/mol. The fourth-order valence-electron chi connectivity index (χ4n) is 3.84. The molecule has 2 aromatic heterocycles. The van der Waals surface area contributed by atoms with Gasteiger partial charge in [-0.2, -0.15) is 0 Å². The predicted octanol–water partition coefficient (Wildman–Crippen LogP) is 6.04. The Morgan fingerprint density at radius 3 is 2.34 bits per heavy atom. The summed E-state index contributed by atoms with van der Waals surface area (Å²) >= 11 is 1.61. The highest BCUT2D eigenvalue weighted by Gasteiger charge is 2.17. The Labute approximate surface area is 191 Å². The molecule has 0 bridgehead atoms. The molecule has 0 atom stereocenters. The van der Waals surface area contributed by atoms with Crippen molar-refractivity contribution in [2.24, 2.45) is 0 Å². The first-order chi connectivity index (χ1) is 15.7. The van der Waals surface area contributed by atoms with E-state index >= 15 is 0 Å². The fraction of sp³-hybridized carbons (Fsp3) is 0.111. The van der Waals surface area contributed by atoms with Crippen LogP contribution in [0, 0.1) is 6.92 Å². The second-order valence-corrected chi connectivity index (χ2v) is 8.72. The van der Waals surface area contributed by atoms with Gasteiger partial charge < -0.3 is 4.98 Å². The number of aromatic nitrogens is 3. The van der Waals surface area contributed by atoms with Crippen LogP contribution in [-0.4, -0.2) is 14.5 Å². The summed E-state index contributed by atoms with van der Waals surface area (Å²) in [6.45, 7) is 2.60. The minimum absolute atomic E-state index is 0.0479. The van der Waals surface area contributed by atoms with Crippen molar-refractivity contribution >= 4 is 22.8 Å². The molecule has 5 aromatic rings. The first kappa shape index (κ1) is 20.3. The number of nitrogens with one attached hydrogen (secondary N) is 1. The Hall–Kier alpha value is -3.57.